The zero-order valence-electron chi connectivity index (χ0n) is 10.8. The van der Waals surface area contributed by atoms with Crippen molar-refractivity contribution in [1.82, 2.24) is 25.0 Å². The predicted octanol–water partition coefficient (Wildman–Crippen LogP) is 1.37. The molecule has 1 aromatic rings. The van der Waals surface area contributed by atoms with Crippen LogP contribution in [0.4, 0.5) is 11.9 Å². The first kappa shape index (κ1) is 12.8. The molecule has 2 aliphatic heterocycles. The third-order valence-corrected chi connectivity index (χ3v) is 3.51. The summed E-state index contributed by atoms with van der Waals surface area (Å²) >= 11 is 5.94. The Labute approximate surface area is 117 Å². The zero-order chi connectivity index (χ0) is 13.1. The Hall–Kier alpha value is -1.18. The monoisotopic (exact) mass is 283 g/mol. The van der Waals surface area contributed by atoms with Crippen molar-refractivity contribution in [2.75, 3.05) is 37.0 Å². The van der Waals surface area contributed by atoms with Crippen LogP contribution in [0.5, 0.6) is 0 Å². The molecule has 1 aromatic heterocycles. The van der Waals surface area contributed by atoms with Crippen LogP contribution >= 0.6 is 11.6 Å². The standard InChI is InChI=1S/C11H18ClN7/c12-9-13-10(16-18-5-1-2-6-18)15-11(14-9)17-19-7-3-4-8-19/h1-8H2,(H2,13,14,15,16,17). The molecule has 0 amide bonds. The number of halogens is 1. The minimum absolute atomic E-state index is 0.207. The second-order valence-electron chi connectivity index (χ2n) is 4.86. The lowest BCUT2D eigenvalue weighted by Crippen LogP contribution is -2.30. The first-order valence-corrected chi connectivity index (χ1v) is 7.12. The summed E-state index contributed by atoms with van der Waals surface area (Å²) in [6, 6.07) is 0. The Kier molecular flexibility index (Phi) is 3.95. The number of aromatic nitrogens is 3. The van der Waals surface area contributed by atoms with Gasteiger partial charge in [-0.3, -0.25) is 10.9 Å². The van der Waals surface area contributed by atoms with Crippen molar-refractivity contribution in [1.29, 1.82) is 0 Å². The van der Waals surface area contributed by atoms with Gasteiger partial charge < -0.3 is 0 Å². The topological polar surface area (TPSA) is 69.2 Å². The van der Waals surface area contributed by atoms with Crippen LogP contribution in [0.3, 0.4) is 0 Å². The zero-order valence-corrected chi connectivity index (χ0v) is 11.5. The molecule has 0 saturated carbocycles. The summed E-state index contributed by atoms with van der Waals surface area (Å²) in [5.41, 5.74) is 6.35. The maximum atomic E-state index is 5.94. The smallest absolute Gasteiger partial charge is 0.243 e. The molecule has 2 fully saturated rings. The van der Waals surface area contributed by atoms with E-state index in [9.17, 15) is 0 Å². The quantitative estimate of drug-likeness (QED) is 0.865. The van der Waals surface area contributed by atoms with Gasteiger partial charge >= 0.3 is 0 Å². The highest BCUT2D eigenvalue weighted by molar-refractivity contribution is 6.28. The normalized spacial score (nSPS) is 20.9. The molecule has 0 aliphatic carbocycles. The maximum absolute atomic E-state index is 5.94. The predicted molar refractivity (Wildman–Crippen MR) is 73.7 cm³/mol. The first-order chi connectivity index (χ1) is 9.29. The van der Waals surface area contributed by atoms with E-state index in [0.717, 1.165) is 26.2 Å². The molecule has 2 aliphatic rings. The Morgan fingerprint density at radius 1 is 0.737 bits per heavy atom. The van der Waals surface area contributed by atoms with Gasteiger partial charge in [0.05, 0.1) is 0 Å². The van der Waals surface area contributed by atoms with E-state index < -0.39 is 0 Å². The van der Waals surface area contributed by atoms with E-state index in [0.29, 0.717) is 11.9 Å². The van der Waals surface area contributed by atoms with E-state index in [1.54, 1.807) is 0 Å². The van der Waals surface area contributed by atoms with Gasteiger partial charge in [-0.1, -0.05) is 0 Å². The molecule has 2 N–H and O–H groups in total. The number of anilines is 2. The summed E-state index contributed by atoms with van der Waals surface area (Å²) in [6.45, 7) is 4.05. The molecule has 2 saturated heterocycles. The highest BCUT2D eigenvalue weighted by Crippen LogP contribution is 2.15. The molecular formula is C11H18ClN7. The van der Waals surface area contributed by atoms with Crippen molar-refractivity contribution in [3.63, 3.8) is 0 Å². The fourth-order valence-electron chi connectivity index (χ4n) is 2.39. The van der Waals surface area contributed by atoms with Crippen LogP contribution < -0.4 is 10.9 Å². The van der Waals surface area contributed by atoms with Crippen LogP contribution in [0.1, 0.15) is 25.7 Å². The van der Waals surface area contributed by atoms with Crippen molar-refractivity contribution in [3.8, 4) is 0 Å². The molecule has 3 rings (SSSR count). The van der Waals surface area contributed by atoms with Crippen LogP contribution in [0, 0.1) is 0 Å². The SMILES string of the molecule is Clc1nc(NN2CCCC2)nc(NN2CCCC2)n1. The number of hydrogen-bond donors (Lipinski definition) is 2. The van der Waals surface area contributed by atoms with Gasteiger partial charge in [0.2, 0.25) is 17.2 Å². The van der Waals surface area contributed by atoms with E-state index in [1.807, 2.05) is 0 Å². The second kappa shape index (κ2) is 5.85. The minimum atomic E-state index is 0.207. The lowest BCUT2D eigenvalue weighted by atomic mass is 10.4. The molecule has 8 heteroatoms. The van der Waals surface area contributed by atoms with Crippen LogP contribution in [-0.2, 0) is 0 Å². The fourth-order valence-corrected chi connectivity index (χ4v) is 2.55. The van der Waals surface area contributed by atoms with Gasteiger partial charge in [0.25, 0.3) is 0 Å². The van der Waals surface area contributed by atoms with Crippen molar-refractivity contribution in [2.24, 2.45) is 0 Å². The Balaban J connectivity index is 1.67. The molecule has 3 heterocycles. The van der Waals surface area contributed by atoms with E-state index in [-0.39, 0.29) is 5.28 Å². The lowest BCUT2D eigenvalue weighted by molar-refractivity contribution is 0.399. The van der Waals surface area contributed by atoms with E-state index in [2.05, 4.69) is 35.8 Å². The van der Waals surface area contributed by atoms with Gasteiger partial charge in [-0.25, -0.2) is 10.0 Å². The van der Waals surface area contributed by atoms with Gasteiger partial charge in [-0.15, -0.1) is 0 Å². The van der Waals surface area contributed by atoms with Gasteiger partial charge in [-0.2, -0.15) is 15.0 Å². The van der Waals surface area contributed by atoms with E-state index >= 15 is 0 Å². The third kappa shape index (κ3) is 3.43. The summed E-state index contributed by atoms with van der Waals surface area (Å²) in [7, 11) is 0. The van der Waals surface area contributed by atoms with Gasteiger partial charge in [0.15, 0.2) is 0 Å². The van der Waals surface area contributed by atoms with Gasteiger partial charge in [0, 0.05) is 26.2 Å². The Morgan fingerprint density at radius 2 is 1.16 bits per heavy atom. The molecule has 0 atom stereocenters. The van der Waals surface area contributed by atoms with Crippen molar-refractivity contribution < 1.29 is 0 Å². The van der Waals surface area contributed by atoms with Crippen LogP contribution in [0.25, 0.3) is 0 Å². The summed E-state index contributed by atoms with van der Waals surface area (Å²) in [4.78, 5) is 12.6. The van der Waals surface area contributed by atoms with Crippen molar-refractivity contribution >= 4 is 23.5 Å². The molecular weight excluding hydrogens is 266 g/mol. The molecule has 0 radical (unpaired) electrons. The number of nitrogens with one attached hydrogen (secondary N) is 2. The summed E-state index contributed by atoms with van der Waals surface area (Å²) in [5, 5.41) is 4.41. The number of nitrogens with zero attached hydrogens (tertiary/aromatic N) is 5. The average molecular weight is 284 g/mol. The summed E-state index contributed by atoms with van der Waals surface area (Å²) in [5.74, 6) is 1.01. The molecule has 0 bridgehead atoms. The molecule has 0 unspecified atom stereocenters. The summed E-state index contributed by atoms with van der Waals surface area (Å²) < 4.78 is 0. The minimum Gasteiger partial charge on any atom is -0.287 e. The maximum Gasteiger partial charge on any atom is 0.243 e. The highest BCUT2D eigenvalue weighted by atomic mass is 35.5. The van der Waals surface area contributed by atoms with E-state index in [4.69, 9.17) is 11.6 Å². The molecule has 0 spiro atoms. The lowest BCUT2D eigenvalue weighted by Gasteiger charge is -2.18. The van der Waals surface area contributed by atoms with Crippen LogP contribution in [0.15, 0.2) is 0 Å². The molecule has 7 nitrogen and oxygen atoms in total. The Bertz CT molecular complexity index is 393. The fraction of sp³-hybridized carbons (Fsp3) is 0.727. The van der Waals surface area contributed by atoms with Crippen LogP contribution in [0.2, 0.25) is 5.28 Å². The molecule has 19 heavy (non-hydrogen) atoms. The van der Waals surface area contributed by atoms with Gasteiger partial charge in [0.1, 0.15) is 0 Å². The third-order valence-electron chi connectivity index (χ3n) is 3.34. The first-order valence-electron chi connectivity index (χ1n) is 6.74. The molecule has 104 valence electrons. The summed E-state index contributed by atoms with van der Waals surface area (Å²) in [6.07, 6.45) is 4.80. The molecule has 0 aromatic carbocycles. The largest absolute Gasteiger partial charge is 0.287 e. The van der Waals surface area contributed by atoms with Gasteiger partial charge in [-0.05, 0) is 37.3 Å². The number of hydrazine groups is 2. The van der Waals surface area contributed by atoms with Crippen LogP contribution in [-0.4, -0.2) is 51.1 Å². The Morgan fingerprint density at radius 3 is 1.58 bits per heavy atom. The van der Waals surface area contributed by atoms with Crippen molar-refractivity contribution in [2.45, 2.75) is 25.7 Å². The number of rotatable bonds is 4. The average Bonchev–Trinajstić information content (AvgIpc) is 3.01. The second-order valence-corrected chi connectivity index (χ2v) is 5.20. The van der Waals surface area contributed by atoms with Crippen molar-refractivity contribution in [3.05, 3.63) is 5.28 Å². The highest BCUT2D eigenvalue weighted by Gasteiger charge is 2.16. The van der Waals surface area contributed by atoms with E-state index in [1.165, 1.54) is 25.7 Å². The number of hydrogen-bond acceptors (Lipinski definition) is 7.